The molecule has 0 amide bonds. The Balaban J connectivity index is 1.76. The van der Waals surface area contributed by atoms with Crippen LogP contribution in [0.15, 0.2) is 67.0 Å². The molecule has 2 aromatic heterocycles. The zero-order chi connectivity index (χ0) is 19.0. The van der Waals surface area contributed by atoms with Crippen molar-refractivity contribution in [1.82, 2.24) is 9.97 Å². The molecule has 2 nitrogen and oxygen atoms in total. The molecule has 2 heterocycles. The summed E-state index contributed by atoms with van der Waals surface area (Å²) in [5, 5.41) is 3.77. The van der Waals surface area contributed by atoms with Gasteiger partial charge in [0.1, 0.15) is 0 Å². The Kier molecular flexibility index (Phi) is 4.43. The third-order valence-electron chi connectivity index (χ3n) is 5.47. The summed E-state index contributed by atoms with van der Waals surface area (Å²) in [7, 11) is 0. The van der Waals surface area contributed by atoms with Gasteiger partial charge in [-0.25, -0.2) is 0 Å². The summed E-state index contributed by atoms with van der Waals surface area (Å²) in [4.78, 5) is 9.48. The normalized spacial score (nSPS) is 12.2. The molecule has 0 unspecified atom stereocenters. The molecule has 0 aliphatic carbocycles. The number of fused-ring (bicyclic) bond motifs is 2. The lowest BCUT2D eigenvalue weighted by Crippen LogP contribution is -2.22. The zero-order valence-corrected chi connectivity index (χ0v) is 16.5. The third kappa shape index (κ3) is 3.32. The van der Waals surface area contributed by atoms with Gasteiger partial charge in [-0.1, -0.05) is 70.2 Å². The Labute approximate surface area is 161 Å². The van der Waals surface area contributed by atoms with E-state index in [1.165, 1.54) is 27.3 Å². The van der Waals surface area contributed by atoms with Crippen LogP contribution in [0.4, 0.5) is 0 Å². The van der Waals surface area contributed by atoms with E-state index >= 15 is 0 Å². The summed E-state index contributed by atoms with van der Waals surface area (Å²) in [6.45, 7) is 9.02. The quantitative estimate of drug-likeness (QED) is 0.422. The molecule has 0 saturated heterocycles. The number of aromatic nitrogens is 2. The molecule has 4 rings (SSSR count). The molecule has 0 aliphatic rings. The van der Waals surface area contributed by atoms with E-state index in [1.54, 1.807) is 0 Å². The highest BCUT2D eigenvalue weighted by atomic mass is 14.7. The van der Waals surface area contributed by atoms with Gasteiger partial charge in [-0.3, -0.25) is 9.97 Å². The van der Waals surface area contributed by atoms with E-state index in [-0.39, 0.29) is 5.41 Å². The Bertz CT molecular complexity index is 1110. The minimum absolute atomic E-state index is 0.0633. The average molecular weight is 354 g/mol. The maximum atomic E-state index is 4.95. The number of para-hydroxylation sites is 1. The first kappa shape index (κ1) is 17.7. The smallest absolute Gasteiger partial charge is 0.0705 e. The summed E-state index contributed by atoms with van der Waals surface area (Å²) in [5.41, 5.74) is 4.78. The fraction of sp³-hybridized carbons (Fsp3) is 0.280. The monoisotopic (exact) mass is 354 g/mol. The lowest BCUT2D eigenvalue weighted by atomic mass is 9.80. The second kappa shape index (κ2) is 6.77. The molecule has 0 aliphatic heterocycles. The zero-order valence-electron chi connectivity index (χ0n) is 16.5. The fourth-order valence-electron chi connectivity index (χ4n) is 3.90. The Morgan fingerprint density at radius 1 is 0.852 bits per heavy atom. The molecule has 0 fully saturated rings. The van der Waals surface area contributed by atoms with Crippen LogP contribution in [0.3, 0.4) is 0 Å². The van der Waals surface area contributed by atoms with Crippen molar-refractivity contribution in [2.75, 3.05) is 0 Å². The molecule has 136 valence electrons. The number of rotatable bonds is 4. The van der Waals surface area contributed by atoms with Crippen molar-refractivity contribution in [3.63, 3.8) is 0 Å². The largest absolute Gasteiger partial charge is 0.264 e. The highest BCUT2D eigenvalue weighted by Gasteiger charge is 2.24. The van der Waals surface area contributed by atoms with Crippen LogP contribution in [0.1, 0.15) is 50.4 Å². The van der Waals surface area contributed by atoms with Crippen LogP contribution in [0.25, 0.3) is 21.7 Å². The van der Waals surface area contributed by atoms with Crippen molar-refractivity contribution in [3.05, 3.63) is 83.8 Å². The highest BCUT2D eigenvalue weighted by Crippen LogP contribution is 2.32. The number of hydrogen-bond acceptors (Lipinski definition) is 2. The minimum Gasteiger partial charge on any atom is -0.264 e. The van der Waals surface area contributed by atoms with Crippen molar-refractivity contribution in [2.45, 2.75) is 45.4 Å². The van der Waals surface area contributed by atoms with Crippen LogP contribution in [0, 0.1) is 0 Å². The van der Waals surface area contributed by atoms with Crippen molar-refractivity contribution in [3.8, 4) is 0 Å². The van der Waals surface area contributed by atoms with Gasteiger partial charge in [-0.15, -0.1) is 0 Å². The second-order valence-corrected chi connectivity index (χ2v) is 8.35. The van der Waals surface area contributed by atoms with Crippen molar-refractivity contribution >= 4 is 21.7 Å². The Hall–Kier alpha value is -2.74. The van der Waals surface area contributed by atoms with Crippen LogP contribution in [-0.2, 0) is 11.8 Å². The minimum atomic E-state index is -0.0633. The molecular weight excluding hydrogens is 328 g/mol. The van der Waals surface area contributed by atoms with Crippen LogP contribution in [0.2, 0.25) is 0 Å². The summed E-state index contributed by atoms with van der Waals surface area (Å²) in [5.74, 6) is 0.464. The van der Waals surface area contributed by atoms with E-state index in [2.05, 4.69) is 87.3 Å². The molecule has 0 N–H and O–H groups in total. The Morgan fingerprint density at radius 3 is 2.48 bits per heavy atom. The first-order valence-electron chi connectivity index (χ1n) is 9.67. The fourth-order valence-corrected chi connectivity index (χ4v) is 3.90. The predicted molar refractivity (Wildman–Crippen MR) is 114 cm³/mol. The number of nitrogens with zero attached hydrogens (tertiary/aromatic N) is 2. The van der Waals surface area contributed by atoms with Gasteiger partial charge in [0, 0.05) is 34.3 Å². The number of hydrogen-bond donors (Lipinski definition) is 0. The molecule has 0 radical (unpaired) electrons. The number of pyridine rings is 2. The Morgan fingerprint density at radius 2 is 1.67 bits per heavy atom. The predicted octanol–water partition coefficient (Wildman–Crippen LogP) is 6.43. The standard InChI is InChI=1S/C25H26N2/c1-17(2)21-15-26-16-22-19(9-7-10-20(21)22)14-25(3,4)24-13-12-18-8-5-6-11-23(18)27-24/h5-13,15-17H,14H2,1-4H3. The highest BCUT2D eigenvalue weighted by molar-refractivity contribution is 5.88. The maximum Gasteiger partial charge on any atom is 0.0705 e. The van der Waals surface area contributed by atoms with Gasteiger partial charge in [0.25, 0.3) is 0 Å². The van der Waals surface area contributed by atoms with E-state index in [0.29, 0.717) is 5.92 Å². The first-order chi connectivity index (χ1) is 13.0. The van der Waals surface area contributed by atoms with E-state index in [1.807, 2.05) is 12.4 Å². The van der Waals surface area contributed by atoms with Gasteiger partial charge in [0.05, 0.1) is 5.52 Å². The molecule has 2 heteroatoms. The summed E-state index contributed by atoms with van der Waals surface area (Å²) < 4.78 is 0. The van der Waals surface area contributed by atoms with E-state index in [0.717, 1.165) is 17.6 Å². The topological polar surface area (TPSA) is 25.8 Å². The van der Waals surface area contributed by atoms with Gasteiger partial charge in [-0.05, 0) is 41.0 Å². The van der Waals surface area contributed by atoms with Crippen LogP contribution >= 0.6 is 0 Å². The van der Waals surface area contributed by atoms with Gasteiger partial charge in [-0.2, -0.15) is 0 Å². The summed E-state index contributed by atoms with van der Waals surface area (Å²) in [6.07, 6.45) is 4.95. The van der Waals surface area contributed by atoms with E-state index < -0.39 is 0 Å². The number of benzene rings is 2. The average Bonchev–Trinajstić information content (AvgIpc) is 2.67. The molecule has 0 bridgehead atoms. The molecule has 0 spiro atoms. The molecule has 0 atom stereocenters. The third-order valence-corrected chi connectivity index (χ3v) is 5.47. The first-order valence-corrected chi connectivity index (χ1v) is 9.67. The van der Waals surface area contributed by atoms with Gasteiger partial charge in [0.15, 0.2) is 0 Å². The molecule has 0 saturated carbocycles. The van der Waals surface area contributed by atoms with E-state index in [9.17, 15) is 0 Å². The second-order valence-electron chi connectivity index (χ2n) is 8.35. The van der Waals surface area contributed by atoms with Gasteiger partial charge < -0.3 is 0 Å². The van der Waals surface area contributed by atoms with Gasteiger partial charge in [0.2, 0.25) is 0 Å². The maximum absolute atomic E-state index is 4.95. The molecule has 27 heavy (non-hydrogen) atoms. The van der Waals surface area contributed by atoms with Crippen LogP contribution in [0.5, 0.6) is 0 Å². The summed E-state index contributed by atoms with van der Waals surface area (Å²) >= 11 is 0. The molecular formula is C25H26N2. The van der Waals surface area contributed by atoms with E-state index in [4.69, 9.17) is 4.98 Å². The molecule has 2 aromatic carbocycles. The van der Waals surface area contributed by atoms with Crippen molar-refractivity contribution in [1.29, 1.82) is 0 Å². The summed E-state index contributed by atoms with van der Waals surface area (Å²) in [6, 6.07) is 19.3. The van der Waals surface area contributed by atoms with Crippen LogP contribution < -0.4 is 0 Å². The lowest BCUT2D eigenvalue weighted by Gasteiger charge is -2.25. The van der Waals surface area contributed by atoms with Crippen molar-refractivity contribution in [2.24, 2.45) is 0 Å². The molecule has 4 aromatic rings. The SMILES string of the molecule is CC(C)c1cncc2c(CC(C)(C)c3ccc4ccccc4n3)cccc12. The lowest BCUT2D eigenvalue weighted by molar-refractivity contribution is 0.509. The van der Waals surface area contributed by atoms with Gasteiger partial charge >= 0.3 is 0 Å². The van der Waals surface area contributed by atoms with Crippen LogP contribution in [-0.4, -0.2) is 9.97 Å². The van der Waals surface area contributed by atoms with Crippen molar-refractivity contribution < 1.29 is 0 Å².